The predicted octanol–water partition coefficient (Wildman–Crippen LogP) is 6.92. The zero-order valence-corrected chi connectivity index (χ0v) is 31.7. The Kier molecular flexibility index (Phi) is 12.1. The van der Waals surface area contributed by atoms with Gasteiger partial charge in [0.05, 0.1) is 35.8 Å². The van der Waals surface area contributed by atoms with Crippen LogP contribution >= 0.6 is 23.5 Å². The summed E-state index contributed by atoms with van der Waals surface area (Å²) < 4.78 is 73.8. The van der Waals surface area contributed by atoms with Crippen LogP contribution in [-0.4, -0.2) is 86.6 Å². The van der Waals surface area contributed by atoms with Crippen molar-refractivity contribution in [3.05, 3.63) is 11.1 Å². The molecular weight excluding hydrogens is 673 g/mol. The molecule has 2 aliphatic heterocycles. The normalized spacial score (nSPS) is 35.2. The molecule has 5 fully saturated rings. The number of fused-ring (bicyclic) bond motifs is 2. The van der Waals surface area contributed by atoms with Crippen LogP contribution in [0.15, 0.2) is 11.1 Å². The van der Waals surface area contributed by atoms with Crippen LogP contribution in [0.25, 0.3) is 0 Å². The van der Waals surface area contributed by atoms with Gasteiger partial charge in [-0.3, -0.25) is 0 Å². The Bertz CT molecular complexity index is 1370. The molecular formula is C35H57N2O6S4-. The van der Waals surface area contributed by atoms with Gasteiger partial charge in [0.2, 0.25) is 5.04 Å². The van der Waals surface area contributed by atoms with Crippen LogP contribution in [0, 0.1) is 23.7 Å². The van der Waals surface area contributed by atoms with Crippen LogP contribution in [0.1, 0.15) is 129 Å². The largest absolute Gasteiger partial charge is 0.748 e. The summed E-state index contributed by atoms with van der Waals surface area (Å²) >= 11 is 3.87. The molecule has 4 aliphatic carbocycles. The van der Waals surface area contributed by atoms with Crippen LogP contribution in [0.2, 0.25) is 0 Å². The van der Waals surface area contributed by atoms with Crippen molar-refractivity contribution in [1.82, 2.24) is 4.90 Å². The summed E-state index contributed by atoms with van der Waals surface area (Å²) in [6, 6.07) is 0.690. The zero-order valence-electron chi connectivity index (χ0n) is 28.5. The minimum absolute atomic E-state index is 0.320. The Morgan fingerprint density at radius 1 is 0.723 bits per heavy atom. The van der Waals surface area contributed by atoms with Crippen molar-refractivity contribution in [3.8, 4) is 0 Å². The van der Waals surface area contributed by atoms with E-state index in [0.717, 1.165) is 24.7 Å². The summed E-state index contributed by atoms with van der Waals surface area (Å²) in [6.45, 7) is 4.19. The fourth-order valence-corrected chi connectivity index (χ4v) is 13.8. The van der Waals surface area contributed by atoms with Crippen molar-refractivity contribution in [3.63, 3.8) is 0 Å². The highest BCUT2D eigenvalue weighted by molar-refractivity contribution is 8.15. The van der Waals surface area contributed by atoms with Crippen molar-refractivity contribution in [2.24, 2.45) is 23.7 Å². The molecule has 0 spiro atoms. The van der Waals surface area contributed by atoms with Crippen molar-refractivity contribution in [2.75, 3.05) is 13.1 Å². The average molecular weight is 730 g/mol. The van der Waals surface area contributed by atoms with Gasteiger partial charge in [-0.15, -0.1) is 11.8 Å². The first-order valence-corrected chi connectivity index (χ1v) is 23.4. The van der Waals surface area contributed by atoms with E-state index in [1.165, 1.54) is 100.0 Å². The smallest absolute Gasteiger partial charge is 0.238 e. The van der Waals surface area contributed by atoms with E-state index in [4.69, 9.17) is 0 Å². The monoisotopic (exact) mass is 729 g/mol. The molecule has 0 radical (unpaired) electrons. The van der Waals surface area contributed by atoms with E-state index >= 15 is 0 Å². The van der Waals surface area contributed by atoms with Crippen LogP contribution in [0.4, 0.5) is 0 Å². The molecule has 12 heteroatoms. The molecule has 8 atom stereocenters. The van der Waals surface area contributed by atoms with Crippen LogP contribution < -0.4 is 0 Å². The first-order valence-electron chi connectivity index (χ1n) is 18.7. The summed E-state index contributed by atoms with van der Waals surface area (Å²) in [4.78, 5) is 2.45. The van der Waals surface area contributed by atoms with E-state index in [0.29, 0.717) is 60.4 Å². The molecule has 4 saturated carbocycles. The van der Waals surface area contributed by atoms with Gasteiger partial charge in [0.15, 0.2) is 6.04 Å². The first kappa shape index (κ1) is 36.5. The highest BCUT2D eigenvalue weighted by Crippen LogP contribution is 2.51. The van der Waals surface area contributed by atoms with Gasteiger partial charge in [-0.05, 0) is 87.8 Å². The molecule has 0 aromatic rings. The lowest BCUT2D eigenvalue weighted by Crippen LogP contribution is -2.42. The van der Waals surface area contributed by atoms with E-state index in [1.807, 2.05) is 23.5 Å². The molecule has 47 heavy (non-hydrogen) atoms. The highest BCUT2D eigenvalue weighted by Gasteiger charge is 2.49. The summed E-state index contributed by atoms with van der Waals surface area (Å²) in [5.41, 5.74) is 0. The molecule has 0 bridgehead atoms. The quantitative estimate of drug-likeness (QED) is 0.165. The van der Waals surface area contributed by atoms with Gasteiger partial charge in [-0.2, -0.15) is 0 Å². The lowest BCUT2D eigenvalue weighted by atomic mass is 9.72. The van der Waals surface area contributed by atoms with E-state index in [1.54, 1.807) is 13.8 Å². The minimum atomic E-state index is -4.35. The number of nitrogens with zero attached hydrogens (tertiary/aromatic N) is 2. The molecule has 0 aromatic carbocycles. The van der Waals surface area contributed by atoms with Crippen LogP contribution in [0.3, 0.4) is 0 Å². The fraction of sp³-hybridized carbons (Fsp3) is 0.914. The molecule has 8 unspecified atom stereocenters. The van der Waals surface area contributed by atoms with E-state index in [-0.39, 0.29) is 0 Å². The Balaban J connectivity index is 1.28. The van der Waals surface area contributed by atoms with Crippen molar-refractivity contribution in [2.45, 2.75) is 163 Å². The van der Waals surface area contributed by atoms with Crippen LogP contribution in [-0.2, 0) is 20.2 Å². The second-order valence-electron chi connectivity index (χ2n) is 15.8. The Labute approximate surface area is 293 Å². The lowest BCUT2D eigenvalue weighted by molar-refractivity contribution is -0.563. The highest BCUT2D eigenvalue weighted by atomic mass is 32.2. The van der Waals surface area contributed by atoms with Crippen LogP contribution in [0.5, 0.6) is 0 Å². The first-order chi connectivity index (χ1) is 22.4. The summed E-state index contributed by atoms with van der Waals surface area (Å²) in [6.07, 6.45) is 23.4. The predicted molar refractivity (Wildman–Crippen MR) is 191 cm³/mol. The summed E-state index contributed by atoms with van der Waals surface area (Å²) in [5.74, 6) is 3.00. The third-order valence-electron chi connectivity index (χ3n) is 12.9. The van der Waals surface area contributed by atoms with Gasteiger partial charge in [-0.25, -0.2) is 21.4 Å². The molecule has 0 amide bonds. The Morgan fingerprint density at radius 3 is 1.87 bits per heavy atom. The van der Waals surface area contributed by atoms with E-state index in [9.17, 15) is 25.9 Å². The number of rotatable bonds is 11. The van der Waals surface area contributed by atoms with Gasteiger partial charge >= 0.3 is 0 Å². The SMILES string of the molecule is CC(CCN1C(=CC2=[N+](CCC(C)S(=O)(=O)[O-])C3CC(C4CCCCC4)CCC3S2)SC2CCC(C3CCCCC3)CC21)S(=O)(=O)[O-]. The average Bonchev–Trinajstić information content (AvgIpc) is 3.58. The van der Waals surface area contributed by atoms with Gasteiger partial charge in [0.25, 0.3) is 0 Å². The Morgan fingerprint density at radius 2 is 1.28 bits per heavy atom. The molecule has 2 heterocycles. The van der Waals surface area contributed by atoms with Crippen molar-refractivity contribution in [1.29, 1.82) is 0 Å². The maximum absolute atomic E-state index is 11.9. The van der Waals surface area contributed by atoms with E-state index in [2.05, 4.69) is 15.6 Å². The van der Waals surface area contributed by atoms with Gasteiger partial charge in [-0.1, -0.05) is 64.2 Å². The molecule has 6 rings (SSSR count). The van der Waals surface area contributed by atoms with Gasteiger partial charge in [0.1, 0.15) is 6.54 Å². The number of hydrogen-bond donors (Lipinski definition) is 0. The van der Waals surface area contributed by atoms with Crippen molar-refractivity contribution < 1.29 is 30.5 Å². The molecule has 6 aliphatic rings. The standard InChI is InChI=1S/C35H58N2O6S4/c1-24(46(38,39)40)17-19-36-30-21-28(26-9-5-3-6-10-26)13-15-32(30)44-34(36)23-35-37(20-18-25(2)47(41,42)43)31-22-29(14-16-33(31)45-35)27-11-7-4-8-12-27/h23-33H,3-22H2,1-2H3,(H-,38,39,40,41,42,43)/p-1. The second-order valence-corrected chi connectivity index (χ2v) is 21.9. The maximum Gasteiger partial charge on any atom is 0.238 e. The fourth-order valence-electron chi connectivity index (χ4n) is 9.89. The van der Waals surface area contributed by atoms with E-state index < -0.39 is 30.7 Å². The summed E-state index contributed by atoms with van der Waals surface area (Å²) in [7, 11) is -8.70. The summed E-state index contributed by atoms with van der Waals surface area (Å²) in [5, 5.41) is 1.43. The van der Waals surface area contributed by atoms with Gasteiger partial charge < -0.3 is 14.0 Å². The molecule has 0 N–H and O–H groups in total. The third-order valence-corrected chi connectivity index (χ3v) is 18.3. The molecule has 1 saturated heterocycles. The molecule has 268 valence electrons. The Hall–Kier alpha value is -0.270. The molecule has 8 nitrogen and oxygen atoms in total. The maximum atomic E-state index is 11.9. The topological polar surface area (TPSA) is 121 Å². The third kappa shape index (κ3) is 8.79. The lowest BCUT2D eigenvalue weighted by Gasteiger charge is -2.40. The number of hydrogen-bond acceptors (Lipinski definition) is 9. The van der Waals surface area contributed by atoms with Crippen molar-refractivity contribution >= 4 is 48.8 Å². The second kappa shape index (κ2) is 15.5. The molecule has 0 aromatic heterocycles. The van der Waals surface area contributed by atoms with Gasteiger partial charge in [0, 0.05) is 42.0 Å². The number of thioether (sulfide) groups is 2. The minimum Gasteiger partial charge on any atom is -0.748 e. The zero-order chi connectivity index (χ0) is 33.3.